The minimum atomic E-state index is 0.547. The van der Waals surface area contributed by atoms with Gasteiger partial charge >= 0.3 is 0 Å². The monoisotopic (exact) mass is 217 g/mol. The molecule has 0 aliphatic carbocycles. The zero-order chi connectivity index (χ0) is 11.5. The summed E-state index contributed by atoms with van der Waals surface area (Å²) in [5, 5.41) is 0. The maximum Gasteiger partial charge on any atom is 0.107 e. The fourth-order valence-electron chi connectivity index (χ4n) is 1.88. The molecule has 0 radical (unpaired) electrons. The number of nitrogens with one attached hydrogen (secondary N) is 1. The van der Waals surface area contributed by atoms with E-state index in [1.54, 1.807) is 0 Å². The number of benzene rings is 1. The first-order chi connectivity index (χ1) is 7.74. The predicted octanol–water partition coefficient (Wildman–Crippen LogP) is 2.61. The Kier molecular flexibility index (Phi) is 3.25. The highest BCUT2D eigenvalue weighted by Gasteiger charge is 2.08. The highest BCUT2D eigenvalue weighted by molar-refractivity contribution is 5.78. The second-order valence-corrected chi connectivity index (χ2v) is 4.42. The van der Waals surface area contributed by atoms with Gasteiger partial charge in [0.2, 0.25) is 0 Å². The average Bonchev–Trinajstić information content (AvgIpc) is 2.70. The zero-order valence-corrected chi connectivity index (χ0v) is 9.96. The fraction of sp³-hybridized carbons (Fsp3) is 0.462. The van der Waals surface area contributed by atoms with Gasteiger partial charge in [-0.1, -0.05) is 32.4 Å². The lowest BCUT2D eigenvalue weighted by atomic mass is 10.1. The summed E-state index contributed by atoms with van der Waals surface area (Å²) in [5.41, 5.74) is 8.94. The summed E-state index contributed by atoms with van der Waals surface area (Å²) in [6.45, 7) is 5.00. The summed E-state index contributed by atoms with van der Waals surface area (Å²) < 4.78 is 0. The normalized spacial score (nSPS) is 13.2. The number of nitrogens with zero attached hydrogens (tertiary/aromatic N) is 1. The number of hydrogen-bond donors (Lipinski definition) is 2. The highest BCUT2D eigenvalue weighted by Crippen LogP contribution is 2.18. The summed E-state index contributed by atoms with van der Waals surface area (Å²) in [5.74, 6) is 1.74. The van der Waals surface area contributed by atoms with Crippen LogP contribution in [0.25, 0.3) is 11.0 Å². The van der Waals surface area contributed by atoms with E-state index in [2.05, 4.69) is 29.9 Å². The standard InChI is InChI=1S/C13H19N3/c1-3-9(2)7-12-15-11-6-4-5-10(8-14)13(11)16-12/h4-6,9H,3,7-8,14H2,1-2H3,(H,15,16). The van der Waals surface area contributed by atoms with Crippen LogP contribution in [0, 0.1) is 5.92 Å². The van der Waals surface area contributed by atoms with E-state index >= 15 is 0 Å². The van der Waals surface area contributed by atoms with Gasteiger partial charge in [0.05, 0.1) is 11.0 Å². The molecule has 1 aromatic heterocycles. The molecule has 0 bridgehead atoms. The van der Waals surface area contributed by atoms with Gasteiger partial charge in [0.25, 0.3) is 0 Å². The van der Waals surface area contributed by atoms with Crippen molar-refractivity contribution in [2.75, 3.05) is 0 Å². The van der Waals surface area contributed by atoms with Crippen molar-refractivity contribution in [1.29, 1.82) is 0 Å². The van der Waals surface area contributed by atoms with Gasteiger partial charge in [-0.2, -0.15) is 0 Å². The third-order valence-electron chi connectivity index (χ3n) is 3.10. The van der Waals surface area contributed by atoms with Crippen LogP contribution >= 0.6 is 0 Å². The van der Waals surface area contributed by atoms with Crippen molar-refractivity contribution in [3.63, 3.8) is 0 Å². The molecule has 0 aliphatic heterocycles. The Hall–Kier alpha value is -1.35. The number of nitrogens with two attached hydrogens (primary N) is 1. The largest absolute Gasteiger partial charge is 0.342 e. The molecule has 16 heavy (non-hydrogen) atoms. The molecule has 0 fully saturated rings. The Morgan fingerprint density at radius 1 is 1.44 bits per heavy atom. The Morgan fingerprint density at radius 3 is 2.94 bits per heavy atom. The molecule has 1 atom stereocenters. The van der Waals surface area contributed by atoms with Gasteiger partial charge in [-0.3, -0.25) is 0 Å². The summed E-state index contributed by atoms with van der Waals surface area (Å²) in [6, 6.07) is 6.12. The van der Waals surface area contributed by atoms with Crippen molar-refractivity contribution in [2.24, 2.45) is 11.7 Å². The van der Waals surface area contributed by atoms with E-state index in [0.29, 0.717) is 12.5 Å². The van der Waals surface area contributed by atoms with E-state index in [-0.39, 0.29) is 0 Å². The summed E-state index contributed by atoms with van der Waals surface area (Å²) >= 11 is 0. The molecule has 2 aromatic rings. The average molecular weight is 217 g/mol. The van der Waals surface area contributed by atoms with Crippen LogP contribution < -0.4 is 5.73 Å². The molecular formula is C13H19N3. The van der Waals surface area contributed by atoms with Crippen molar-refractivity contribution in [3.8, 4) is 0 Å². The SMILES string of the molecule is CCC(C)Cc1nc2c(CN)cccc2[nH]1. The van der Waals surface area contributed by atoms with Crippen LogP contribution in [0.1, 0.15) is 31.7 Å². The van der Waals surface area contributed by atoms with Crippen LogP contribution in [0.5, 0.6) is 0 Å². The number of rotatable bonds is 4. The number of aromatic nitrogens is 2. The Bertz CT molecular complexity index is 473. The quantitative estimate of drug-likeness (QED) is 0.827. The minimum Gasteiger partial charge on any atom is -0.342 e. The van der Waals surface area contributed by atoms with Gasteiger partial charge in [-0.05, 0) is 17.5 Å². The van der Waals surface area contributed by atoms with E-state index in [1.807, 2.05) is 12.1 Å². The second-order valence-electron chi connectivity index (χ2n) is 4.42. The van der Waals surface area contributed by atoms with E-state index in [0.717, 1.165) is 28.8 Å². The molecule has 0 saturated carbocycles. The first kappa shape index (κ1) is 11.1. The minimum absolute atomic E-state index is 0.547. The van der Waals surface area contributed by atoms with Gasteiger partial charge in [0, 0.05) is 13.0 Å². The van der Waals surface area contributed by atoms with E-state index < -0.39 is 0 Å². The Balaban J connectivity index is 2.36. The summed E-state index contributed by atoms with van der Waals surface area (Å²) in [6.07, 6.45) is 2.19. The van der Waals surface area contributed by atoms with Gasteiger partial charge < -0.3 is 10.7 Å². The first-order valence-corrected chi connectivity index (χ1v) is 5.91. The second kappa shape index (κ2) is 4.66. The van der Waals surface area contributed by atoms with Gasteiger partial charge in [0.15, 0.2) is 0 Å². The van der Waals surface area contributed by atoms with E-state index in [4.69, 9.17) is 5.73 Å². The maximum atomic E-state index is 5.70. The van der Waals surface area contributed by atoms with Crippen LogP contribution in [-0.2, 0) is 13.0 Å². The van der Waals surface area contributed by atoms with Gasteiger partial charge in [-0.25, -0.2) is 4.98 Å². The van der Waals surface area contributed by atoms with Crippen molar-refractivity contribution in [1.82, 2.24) is 9.97 Å². The van der Waals surface area contributed by atoms with Crippen LogP contribution in [-0.4, -0.2) is 9.97 Å². The molecule has 0 aliphatic rings. The molecular weight excluding hydrogens is 198 g/mol. The van der Waals surface area contributed by atoms with Crippen LogP contribution in [0.2, 0.25) is 0 Å². The number of imidazole rings is 1. The molecule has 1 heterocycles. The third-order valence-corrected chi connectivity index (χ3v) is 3.10. The molecule has 0 amide bonds. The predicted molar refractivity (Wildman–Crippen MR) is 67.1 cm³/mol. The molecule has 0 saturated heterocycles. The number of para-hydroxylation sites is 1. The first-order valence-electron chi connectivity index (χ1n) is 5.91. The Labute approximate surface area is 96.1 Å². The van der Waals surface area contributed by atoms with Crippen molar-refractivity contribution >= 4 is 11.0 Å². The van der Waals surface area contributed by atoms with Crippen molar-refractivity contribution < 1.29 is 0 Å². The van der Waals surface area contributed by atoms with E-state index in [9.17, 15) is 0 Å². The lowest BCUT2D eigenvalue weighted by Gasteiger charge is -2.03. The fourth-order valence-corrected chi connectivity index (χ4v) is 1.88. The highest BCUT2D eigenvalue weighted by atomic mass is 14.9. The summed E-state index contributed by atoms with van der Waals surface area (Å²) in [7, 11) is 0. The molecule has 3 nitrogen and oxygen atoms in total. The lowest BCUT2D eigenvalue weighted by Crippen LogP contribution is -1.99. The van der Waals surface area contributed by atoms with Crippen LogP contribution in [0.3, 0.4) is 0 Å². The van der Waals surface area contributed by atoms with Crippen LogP contribution in [0.4, 0.5) is 0 Å². The molecule has 1 aromatic carbocycles. The molecule has 1 unspecified atom stereocenters. The number of fused-ring (bicyclic) bond motifs is 1. The Morgan fingerprint density at radius 2 is 2.25 bits per heavy atom. The zero-order valence-electron chi connectivity index (χ0n) is 9.96. The van der Waals surface area contributed by atoms with E-state index in [1.165, 1.54) is 6.42 Å². The molecule has 0 spiro atoms. The smallest absolute Gasteiger partial charge is 0.107 e. The van der Waals surface area contributed by atoms with Crippen molar-refractivity contribution in [3.05, 3.63) is 29.6 Å². The maximum absolute atomic E-state index is 5.70. The molecule has 3 N–H and O–H groups in total. The van der Waals surface area contributed by atoms with Crippen molar-refractivity contribution in [2.45, 2.75) is 33.2 Å². The molecule has 86 valence electrons. The van der Waals surface area contributed by atoms with Gasteiger partial charge in [-0.15, -0.1) is 0 Å². The number of hydrogen-bond acceptors (Lipinski definition) is 2. The lowest BCUT2D eigenvalue weighted by molar-refractivity contribution is 0.547. The molecule has 3 heteroatoms. The molecule has 2 rings (SSSR count). The number of aromatic amines is 1. The summed E-state index contributed by atoms with van der Waals surface area (Å²) in [4.78, 5) is 8.00. The third kappa shape index (κ3) is 2.09. The van der Waals surface area contributed by atoms with Crippen LogP contribution in [0.15, 0.2) is 18.2 Å². The van der Waals surface area contributed by atoms with Gasteiger partial charge in [0.1, 0.15) is 5.82 Å². The number of H-pyrrole nitrogens is 1. The topological polar surface area (TPSA) is 54.7 Å².